The second-order valence-electron chi connectivity index (χ2n) is 9.22. The maximum Gasteiger partial charge on any atom is 0.261 e. The van der Waals surface area contributed by atoms with E-state index in [-0.39, 0.29) is 11.9 Å². The molecule has 0 aromatic heterocycles. The molecule has 6 nitrogen and oxygen atoms in total. The predicted molar refractivity (Wildman–Crippen MR) is 138 cm³/mol. The summed E-state index contributed by atoms with van der Waals surface area (Å²) in [5.74, 6) is 0.910. The van der Waals surface area contributed by atoms with Crippen LogP contribution in [-0.4, -0.2) is 63.4 Å². The van der Waals surface area contributed by atoms with Gasteiger partial charge in [0, 0.05) is 44.0 Å². The molecule has 0 aliphatic carbocycles. The number of nitrogens with zero attached hydrogens (tertiary/aromatic N) is 3. The minimum absolute atomic E-state index is 0.0133. The number of ether oxygens (including phenoxy) is 1. The minimum atomic E-state index is 0.0133. The number of quaternary nitrogens is 1. The van der Waals surface area contributed by atoms with Gasteiger partial charge in [0.15, 0.2) is 12.4 Å². The van der Waals surface area contributed by atoms with E-state index in [4.69, 9.17) is 4.74 Å². The van der Waals surface area contributed by atoms with E-state index in [0.717, 1.165) is 49.7 Å². The van der Waals surface area contributed by atoms with Crippen molar-refractivity contribution >= 4 is 23.0 Å². The molecule has 1 fully saturated rings. The first-order valence-corrected chi connectivity index (χ1v) is 12.0. The molecule has 1 saturated heterocycles. The van der Waals surface area contributed by atoms with Crippen LogP contribution in [0.15, 0.2) is 78.9 Å². The number of amides is 1. The van der Waals surface area contributed by atoms with Gasteiger partial charge in [-0.15, -0.1) is 0 Å². The van der Waals surface area contributed by atoms with Crippen LogP contribution in [0.3, 0.4) is 0 Å². The van der Waals surface area contributed by atoms with Crippen molar-refractivity contribution < 1.29 is 9.53 Å². The van der Waals surface area contributed by atoms with E-state index < -0.39 is 0 Å². The molecule has 2 aliphatic heterocycles. The van der Waals surface area contributed by atoms with Gasteiger partial charge in [0.2, 0.25) is 0 Å². The molecule has 176 valence electrons. The molecule has 3 aromatic rings. The number of methoxy groups -OCH3 is 1. The van der Waals surface area contributed by atoms with E-state index in [2.05, 4.69) is 76.6 Å². The van der Waals surface area contributed by atoms with Gasteiger partial charge in [-0.25, -0.2) is 4.48 Å². The van der Waals surface area contributed by atoms with Gasteiger partial charge in [-0.05, 0) is 37.3 Å². The molecule has 2 atom stereocenters. The van der Waals surface area contributed by atoms with Crippen molar-refractivity contribution in [1.29, 1.82) is 0 Å². The van der Waals surface area contributed by atoms with E-state index in [1.54, 1.807) is 7.11 Å². The van der Waals surface area contributed by atoms with Gasteiger partial charge in [0.25, 0.3) is 5.91 Å². The van der Waals surface area contributed by atoms with Crippen LogP contribution in [0, 0.1) is 0 Å². The largest absolute Gasteiger partial charge is 0.497 e. The molecule has 5 rings (SSSR count). The van der Waals surface area contributed by atoms with Crippen LogP contribution < -0.4 is 19.4 Å². The average molecular weight is 458 g/mol. The molecule has 0 saturated carbocycles. The van der Waals surface area contributed by atoms with Crippen molar-refractivity contribution in [2.24, 2.45) is 0 Å². The zero-order valence-electron chi connectivity index (χ0n) is 20.0. The predicted octanol–water partition coefficient (Wildman–Crippen LogP) is 4.25. The summed E-state index contributed by atoms with van der Waals surface area (Å²) in [5, 5.41) is 3.18. The number of hydrogen-bond acceptors (Lipinski definition) is 4. The van der Waals surface area contributed by atoms with Gasteiger partial charge in [-0.1, -0.05) is 36.4 Å². The van der Waals surface area contributed by atoms with Crippen LogP contribution in [-0.2, 0) is 0 Å². The minimum Gasteiger partial charge on any atom is -0.497 e. The molecule has 2 heterocycles. The zero-order chi connectivity index (χ0) is 23.5. The van der Waals surface area contributed by atoms with Crippen LogP contribution in [0.1, 0.15) is 17.3 Å². The van der Waals surface area contributed by atoms with E-state index in [1.165, 1.54) is 11.4 Å². The lowest BCUT2D eigenvalue weighted by Crippen LogP contribution is -2.63. The topological polar surface area (TPSA) is 44.8 Å². The zero-order valence-corrected chi connectivity index (χ0v) is 20.0. The molecular weight excluding hydrogens is 424 g/mol. The number of nitrogens with one attached hydrogen (secondary N) is 1. The van der Waals surface area contributed by atoms with Gasteiger partial charge in [-0.2, -0.15) is 0 Å². The Balaban J connectivity index is 1.38. The fourth-order valence-corrected chi connectivity index (χ4v) is 5.47. The molecule has 34 heavy (non-hydrogen) atoms. The molecule has 0 radical (unpaired) electrons. The maximum absolute atomic E-state index is 12.7. The summed E-state index contributed by atoms with van der Waals surface area (Å²) in [7, 11) is 1.71. The Morgan fingerprint density at radius 2 is 1.68 bits per heavy atom. The summed E-state index contributed by atoms with van der Waals surface area (Å²) in [6.07, 6.45) is 0. The summed E-state index contributed by atoms with van der Waals surface area (Å²) in [6.45, 7) is 7.80. The van der Waals surface area contributed by atoms with Gasteiger partial charge in [0.1, 0.15) is 23.0 Å². The monoisotopic (exact) mass is 457 g/mol. The highest BCUT2D eigenvalue weighted by Gasteiger charge is 2.45. The Bertz CT molecular complexity index is 1140. The van der Waals surface area contributed by atoms with Crippen molar-refractivity contribution in [3.63, 3.8) is 0 Å². The standard InChI is InChI=1S/C28H32N4O2/c1-22(20-30-15-17-31(18-16-30)23-9-8-12-25(19-23)34-2)32(24-10-4-3-5-11-24)21-29-28(33)26-13-6-7-14-27(26)32/h3-14,19,22H,15-18,20-21H2,1-2H3/p+1. The van der Waals surface area contributed by atoms with E-state index in [9.17, 15) is 4.79 Å². The summed E-state index contributed by atoms with van der Waals surface area (Å²) < 4.78 is 6.03. The number of rotatable bonds is 6. The van der Waals surface area contributed by atoms with Gasteiger partial charge in [0.05, 0.1) is 13.7 Å². The van der Waals surface area contributed by atoms with Crippen LogP contribution in [0.5, 0.6) is 5.75 Å². The van der Waals surface area contributed by atoms with Crippen LogP contribution in [0.25, 0.3) is 0 Å². The number of carbonyl (C=O) groups excluding carboxylic acids is 1. The molecule has 3 aromatic carbocycles. The normalized spacial score (nSPS) is 21.5. The summed E-state index contributed by atoms with van der Waals surface area (Å²) in [5.41, 5.74) is 4.28. The first kappa shape index (κ1) is 22.4. The third kappa shape index (κ3) is 4.04. The summed E-state index contributed by atoms with van der Waals surface area (Å²) in [4.78, 5) is 17.7. The second kappa shape index (κ2) is 9.49. The molecule has 0 spiro atoms. The molecule has 2 unspecified atom stereocenters. The number of benzene rings is 3. The Hall–Kier alpha value is -3.35. The number of hydrogen-bond donors (Lipinski definition) is 1. The van der Waals surface area contributed by atoms with Crippen molar-refractivity contribution in [1.82, 2.24) is 14.7 Å². The molecule has 2 aliphatic rings. The molecular formula is C28H33N4O2+. The molecule has 6 heteroatoms. The smallest absolute Gasteiger partial charge is 0.261 e. The Kier molecular flexibility index (Phi) is 6.26. The van der Waals surface area contributed by atoms with Crippen molar-refractivity contribution in [3.8, 4) is 5.75 Å². The number of anilines is 1. The molecule has 1 N–H and O–H groups in total. The van der Waals surface area contributed by atoms with Crippen LogP contribution in [0.2, 0.25) is 0 Å². The highest BCUT2D eigenvalue weighted by Crippen LogP contribution is 2.41. The SMILES string of the molecule is COc1cccc(N2CCN(CC(C)[N+]3(c4ccccc4)CNC(=O)c4ccccc43)CC2)c1. The first-order chi connectivity index (χ1) is 16.6. The van der Waals surface area contributed by atoms with E-state index in [1.807, 2.05) is 24.3 Å². The van der Waals surface area contributed by atoms with Gasteiger partial charge >= 0.3 is 0 Å². The number of para-hydroxylation sites is 2. The first-order valence-electron chi connectivity index (χ1n) is 12.0. The van der Waals surface area contributed by atoms with Gasteiger partial charge in [-0.3, -0.25) is 9.69 Å². The number of fused-ring (bicyclic) bond motifs is 1. The van der Waals surface area contributed by atoms with Crippen molar-refractivity contribution in [2.45, 2.75) is 13.0 Å². The lowest BCUT2D eigenvalue weighted by molar-refractivity contribution is 0.0893. The molecule has 1 amide bonds. The third-order valence-corrected chi connectivity index (χ3v) is 7.35. The second-order valence-corrected chi connectivity index (χ2v) is 9.22. The van der Waals surface area contributed by atoms with Crippen molar-refractivity contribution in [2.75, 3.05) is 51.4 Å². The Morgan fingerprint density at radius 1 is 0.941 bits per heavy atom. The average Bonchev–Trinajstić information content (AvgIpc) is 2.90. The number of carbonyl (C=O) groups is 1. The van der Waals surface area contributed by atoms with Crippen molar-refractivity contribution in [3.05, 3.63) is 84.4 Å². The fraction of sp³-hybridized carbons (Fsp3) is 0.321. The lowest BCUT2D eigenvalue weighted by Gasteiger charge is -2.47. The number of piperazine rings is 1. The van der Waals surface area contributed by atoms with E-state index in [0.29, 0.717) is 11.2 Å². The third-order valence-electron chi connectivity index (χ3n) is 7.35. The maximum atomic E-state index is 12.7. The van der Waals surface area contributed by atoms with Gasteiger partial charge < -0.3 is 15.0 Å². The highest BCUT2D eigenvalue weighted by atomic mass is 16.5. The fourth-order valence-electron chi connectivity index (χ4n) is 5.47. The quantitative estimate of drug-likeness (QED) is 0.562. The Morgan fingerprint density at radius 3 is 2.44 bits per heavy atom. The van der Waals surface area contributed by atoms with Crippen LogP contribution >= 0.6 is 0 Å². The summed E-state index contributed by atoms with van der Waals surface area (Å²) >= 11 is 0. The Labute approximate surface area is 201 Å². The lowest BCUT2D eigenvalue weighted by atomic mass is 10.0. The van der Waals surface area contributed by atoms with E-state index >= 15 is 0 Å². The highest BCUT2D eigenvalue weighted by molar-refractivity contribution is 6.01. The summed E-state index contributed by atoms with van der Waals surface area (Å²) in [6, 6.07) is 27.2. The molecule has 0 bridgehead atoms. The van der Waals surface area contributed by atoms with Crippen LogP contribution in [0.4, 0.5) is 17.1 Å².